The molecule has 1 spiro atoms. The number of anilines is 3. The van der Waals surface area contributed by atoms with E-state index in [4.69, 9.17) is 15.9 Å². The third-order valence-electron chi connectivity index (χ3n) is 6.73. The zero-order valence-corrected chi connectivity index (χ0v) is 19.2. The van der Waals surface area contributed by atoms with Gasteiger partial charge in [-0.15, -0.1) is 6.42 Å². The SMILES string of the molecule is C#Cc1ncc(OCC)c(Nc2n[nH]c3cc([C@@H]4C[C@@]45C(=O)Nc4ccc(OC)cc45)ccc23)n1. The summed E-state index contributed by atoms with van der Waals surface area (Å²) in [6, 6.07) is 11.8. The van der Waals surface area contributed by atoms with Gasteiger partial charge in [0.2, 0.25) is 11.7 Å². The predicted molar refractivity (Wildman–Crippen MR) is 131 cm³/mol. The number of hydrogen-bond donors (Lipinski definition) is 3. The fourth-order valence-electron chi connectivity index (χ4n) is 4.95. The van der Waals surface area contributed by atoms with E-state index in [9.17, 15) is 4.79 Å². The van der Waals surface area contributed by atoms with E-state index in [1.54, 1.807) is 13.3 Å². The van der Waals surface area contributed by atoms with Crippen LogP contribution in [0.5, 0.6) is 11.5 Å². The van der Waals surface area contributed by atoms with E-state index < -0.39 is 5.41 Å². The number of terminal acetylenes is 1. The molecule has 6 rings (SSSR count). The first kappa shape index (κ1) is 21.0. The second-order valence-electron chi connectivity index (χ2n) is 8.58. The van der Waals surface area contributed by atoms with E-state index in [2.05, 4.69) is 42.8 Å². The summed E-state index contributed by atoms with van der Waals surface area (Å²) in [6.45, 7) is 2.35. The number of aromatic amines is 1. The largest absolute Gasteiger partial charge is 0.497 e. The third-order valence-corrected chi connectivity index (χ3v) is 6.73. The van der Waals surface area contributed by atoms with Gasteiger partial charge in [0.25, 0.3) is 0 Å². The lowest BCUT2D eigenvalue weighted by atomic mass is 9.91. The van der Waals surface area contributed by atoms with Gasteiger partial charge in [0.05, 0.1) is 30.8 Å². The Morgan fingerprint density at radius 2 is 2.14 bits per heavy atom. The third kappa shape index (κ3) is 3.18. The first-order valence-electron chi connectivity index (χ1n) is 11.3. The zero-order chi connectivity index (χ0) is 24.2. The molecule has 2 aromatic carbocycles. The molecule has 2 atom stereocenters. The summed E-state index contributed by atoms with van der Waals surface area (Å²) < 4.78 is 11.0. The molecule has 0 radical (unpaired) electrons. The number of nitrogens with zero attached hydrogens (tertiary/aromatic N) is 3. The van der Waals surface area contributed by atoms with Gasteiger partial charge >= 0.3 is 0 Å². The van der Waals surface area contributed by atoms with Gasteiger partial charge in [-0.1, -0.05) is 6.07 Å². The number of aromatic nitrogens is 4. The van der Waals surface area contributed by atoms with Crippen LogP contribution in [-0.4, -0.2) is 39.8 Å². The predicted octanol–water partition coefficient (Wildman–Crippen LogP) is 3.86. The molecule has 1 aliphatic carbocycles. The second-order valence-corrected chi connectivity index (χ2v) is 8.58. The van der Waals surface area contributed by atoms with Crippen molar-refractivity contribution in [2.45, 2.75) is 24.7 Å². The van der Waals surface area contributed by atoms with Gasteiger partial charge in [-0.25, -0.2) is 4.98 Å². The molecule has 0 bridgehead atoms. The highest BCUT2D eigenvalue weighted by Gasteiger charge is 2.65. The van der Waals surface area contributed by atoms with Crippen molar-refractivity contribution in [3.8, 4) is 23.8 Å². The van der Waals surface area contributed by atoms with E-state index in [0.29, 0.717) is 24.0 Å². The van der Waals surface area contributed by atoms with Gasteiger partial charge in [-0.05, 0) is 60.7 Å². The van der Waals surface area contributed by atoms with Gasteiger partial charge in [-0.2, -0.15) is 10.1 Å². The van der Waals surface area contributed by atoms with Crippen molar-refractivity contribution in [3.63, 3.8) is 0 Å². The van der Waals surface area contributed by atoms with Crippen LogP contribution in [0.25, 0.3) is 10.9 Å². The van der Waals surface area contributed by atoms with Crippen molar-refractivity contribution >= 4 is 34.1 Å². The van der Waals surface area contributed by atoms with Crippen LogP contribution in [0.3, 0.4) is 0 Å². The van der Waals surface area contributed by atoms with Crippen molar-refractivity contribution in [2.75, 3.05) is 24.4 Å². The van der Waals surface area contributed by atoms with E-state index in [1.165, 1.54) is 0 Å². The van der Waals surface area contributed by atoms with Crippen molar-refractivity contribution in [1.29, 1.82) is 0 Å². The Hall–Kier alpha value is -4.58. The van der Waals surface area contributed by atoms with E-state index >= 15 is 0 Å². The molecule has 9 nitrogen and oxygen atoms in total. The molecule has 0 saturated heterocycles. The molecule has 1 fully saturated rings. The number of ether oxygens (including phenoxy) is 2. The molecule has 35 heavy (non-hydrogen) atoms. The van der Waals surface area contributed by atoms with E-state index in [0.717, 1.165) is 39.9 Å². The zero-order valence-electron chi connectivity index (χ0n) is 19.2. The lowest BCUT2D eigenvalue weighted by molar-refractivity contribution is -0.118. The fraction of sp³-hybridized carbons (Fsp3) is 0.231. The first-order valence-corrected chi connectivity index (χ1v) is 11.3. The molecule has 2 aliphatic rings. The van der Waals surface area contributed by atoms with Gasteiger partial charge in [0.1, 0.15) is 5.75 Å². The van der Waals surface area contributed by atoms with Crippen LogP contribution in [0.4, 0.5) is 17.3 Å². The molecule has 9 heteroatoms. The summed E-state index contributed by atoms with van der Waals surface area (Å²) in [6.07, 6.45) is 7.76. The van der Waals surface area contributed by atoms with Crippen LogP contribution < -0.4 is 20.1 Å². The average molecular weight is 467 g/mol. The molecular weight excluding hydrogens is 444 g/mol. The van der Waals surface area contributed by atoms with Gasteiger partial charge in [-0.3, -0.25) is 9.89 Å². The Morgan fingerprint density at radius 1 is 1.26 bits per heavy atom. The average Bonchev–Trinajstić information content (AvgIpc) is 3.43. The molecule has 2 aromatic heterocycles. The van der Waals surface area contributed by atoms with Gasteiger partial charge < -0.3 is 20.1 Å². The number of methoxy groups -OCH3 is 1. The normalized spacial score (nSPS) is 19.8. The highest BCUT2D eigenvalue weighted by Crippen LogP contribution is 2.65. The number of carbonyl (C=O) groups is 1. The number of H-pyrrole nitrogens is 1. The minimum atomic E-state index is -0.558. The summed E-state index contributed by atoms with van der Waals surface area (Å²) >= 11 is 0. The maximum Gasteiger partial charge on any atom is 0.235 e. The molecular formula is C26H22N6O3. The van der Waals surface area contributed by atoms with Crippen molar-refractivity contribution in [1.82, 2.24) is 20.2 Å². The Kier molecular flexibility index (Phi) is 4.64. The van der Waals surface area contributed by atoms with Crippen LogP contribution in [0, 0.1) is 12.3 Å². The number of hydrogen-bond acceptors (Lipinski definition) is 7. The molecule has 3 heterocycles. The summed E-state index contributed by atoms with van der Waals surface area (Å²) in [5.74, 6) is 5.07. The van der Waals surface area contributed by atoms with E-state index in [-0.39, 0.29) is 17.6 Å². The number of benzene rings is 2. The van der Waals surface area contributed by atoms with Crippen LogP contribution in [-0.2, 0) is 10.2 Å². The van der Waals surface area contributed by atoms with E-state index in [1.807, 2.05) is 37.3 Å². The van der Waals surface area contributed by atoms with Crippen molar-refractivity contribution in [2.24, 2.45) is 0 Å². The topological polar surface area (TPSA) is 114 Å². The number of rotatable bonds is 6. The number of carbonyl (C=O) groups excluding carboxylic acids is 1. The smallest absolute Gasteiger partial charge is 0.235 e. The highest BCUT2D eigenvalue weighted by atomic mass is 16.5. The molecule has 174 valence electrons. The lowest BCUT2D eigenvalue weighted by Gasteiger charge is -2.11. The standard InChI is InChI=1S/C26H22N6O3/c1-4-22-27-13-21(35-5-2)24(29-22)30-23-16-8-6-14(10-20(16)31-32-23)18-12-26(18)17-11-15(34-3)7-9-19(17)28-25(26)33/h1,6-11,13,18H,5,12H2,2-3H3,(H,28,33)(H2,27,29,30,31,32)/t18-,26-/m0/s1. The van der Waals surface area contributed by atoms with Crippen molar-refractivity contribution < 1.29 is 14.3 Å². The van der Waals surface area contributed by atoms with Gasteiger partial charge in [0.15, 0.2) is 17.4 Å². The molecule has 1 aliphatic heterocycles. The molecule has 0 unspecified atom stereocenters. The Labute approximate surface area is 201 Å². The van der Waals surface area contributed by atoms with Crippen LogP contribution >= 0.6 is 0 Å². The number of amides is 1. The Balaban J connectivity index is 1.32. The maximum atomic E-state index is 13.0. The highest BCUT2D eigenvalue weighted by molar-refractivity contribution is 6.10. The summed E-state index contributed by atoms with van der Waals surface area (Å²) in [4.78, 5) is 21.4. The van der Waals surface area contributed by atoms with Crippen LogP contribution in [0.2, 0.25) is 0 Å². The minimum Gasteiger partial charge on any atom is -0.497 e. The molecule has 1 amide bonds. The molecule has 4 aromatic rings. The maximum absolute atomic E-state index is 13.0. The molecule has 3 N–H and O–H groups in total. The Bertz CT molecular complexity index is 1540. The number of fused-ring (bicyclic) bond motifs is 3. The van der Waals surface area contributed by atoms with Gasteiger partial charge in [0, 0.05) is 17.0 Å². The minimum absolute atomic E-state index is 0.0364. The lowest BCUT2D eigenvalue weighted by Crippen LogP contribution is -2.21. The quantitative estimate of drug-likeness (QED) is 0.370. The second kappa shape index (κ2) is 7.74. The summed E-state index contributed by atoms with van der Waals surface area (Å²) in [5, 5.41) is 14.6. The monoisotopic (exact) mass is 466 g/mol. The summed E-state index contributed by atoms with van der Waals surface area (Å²) in [5.41, 5.74) is 3.22. The first-order chi connectivity index (χ1) is 17.1. The summed E-state index contributed by atoms with van der Waals surface area (Å²) in [7, 11) is 1.63. The van der Waals surface area contributed by atoms with Crippen LogP contribution in [0.1, 0.15) is 36.2 Å². The Morgan fingerprint density at radius 3 is 2.94 bits per heavy atom. The van der Waals surface area contributed by atoms with Crippen LogP contribution in [0.15, 0.2) is 42.6 Å². The number of nitrogens with one attached hydrogen (secondary N) is 3. The molecule has 1 saturated carbocycles. The van der Waals surface area contributed by atoms with Crippen molar-refractivity contribution in [3.05, 3.63) is 59.5 Å². The fourth-order valence-corrected chi connectivity index (χ4v) is 4.95.